The number of carbonyl (C=O) groups is 1. The Morgan fingerprint density at radius 1 is 1.33 bits per heavy atom. The number of sulfonamides is 1. The van der Waals surface area contributed by atoms with Gasteiger partial charge in [0, 0.05) is 12.1 Å². The van der Waals surface area contributed by atoms with Crippen molar-refractivity contribution >= 4 is 16.0 Å². The van der Waals surface area contributed by atoms with Crippen molar-refractivity contribution < 1.29 is 17.9 Å². The van der Waals surface area contributed by atoms with Crippen LogP contribution in [0, 0.1) is 0 Å². The van der Waals surface area contributed by atoms with Gasteiger partial charge in [0.05, 0.1) is 12.0 Å². The van der Waals surface area contributed by atoms with Gasteiger partial charge in [-0.25, -0.2) is 17.9 Å². The summed E-state index contributed by atoms with van der Waals surface area (Å²) in [7, 11) is -2.29. The molecule has 0 unspecified atom stereocenters. The van der Waals surface area contributed by atoms with Gasteiger partial charge in [-0.15, -0.1) is 0 Å². The number of aryl methyl sites for hydroxylation is 2. The third-order valence-electron chi connectivity index (χ3n) is 3.57. The normalized spacial score (nSPS) is 13.8. The number of fused-ring (bicyclic) bond motifs is 1. The van der Waals surface area contributed by atoms with Crippen molar-refractivity contribution in [3.63, 3.8) is 0 Å². The molecule has 114 valence electrons. The van der Waals surface area contributed by atoms with Gasteiger partial charge in [-0.1, -0.05) is 12.6 Å². The first-order chi connectivity index (χ1) is 9.94. The number of benzene rings is 1. The second-order valence-corrected chi connectivity index (χ2v) is 6.79. The highest BCUT2D eigenvalue weighted by Crippen LogP contribution is 2.24. The lowest BCUT2D eigenvalue weighted by Crippen LogP contribution is -2.26. The van der Waals surface area contributed by atoms with Crippen molar-refractivity contribution in [1.82, 2.24) is 4.72 Å². The molecule has 1 aromatic carbocycles. The van der Waals surface area contributed by atoms with Crippen LogP contribution < -0.4 is 4.72 Å². The van der Waals surface area contributed by atoms with Crippen LogP contribution in [0.15, 0.2) is 35.2 Å². The maximum atomic E-state index is 12.2. The molecule has 5 nitrogen and oxygen atoms in total. The molecule has 0 fully saturated rings. The van der Waals surface area contributed by atoms with Crippen LogP contribution in [0.3, 0.4) is 0 Å². The maximum Gasteiger partial charge on any atom is 0.333 e. The van der Waals surface area contributed by atoms with E-state index in [1.54, 1.807) is 12.1 Å². The van der Waals surface area contributed by atoms with Crippen molar-refractivity contribution in [1.29, 1.82) is 0 Å². The first kappa shape index (κ1) is 15.7. The smallest absolute Gasteiger partial charge is 0.333 e. The highest BCUT2D eigenvalue weighted by atomic mass is 32.2. The van der Waals surface area contributed by atoms with Crippen LogP contribution in [-0.2, 0) is 32.4 Å². The van der Waals surface area contributed by atoms with Crippen molar-refractivity contribution in [2.24, 2.45) is 0 Å². The SMILES string of the molecule is C=C(CCNS(=O)(=O)c1ccc2c(c1)CCC2)C(=O)OC. The molecule has 0 amide bonds. The molecule has 1 aliphatic carbocycles. The molecule has 0 spiro atoms. The molecule has 0 saturated heterocycles. The number of esters is 1. The van der Waals surface area contributed by atoms with E-state index in [0.29, 0.717) is 0 Å². The Labute approximate surface area is 125 Å². The molecule has 0 atom stereocenters. The van der Waals surface area contributed by atoms with Crippen LogP contribution in [0.5, 0.6) is 0 Å². The molecular weight excluding hydrogens is 290 g/mol. The second kappa shape index (κ2) is 6.41. The lowest BCUT2D eigenvalue weighted by atomic mass is 10.1. The molecule has 0 radical (unpaired) electrons. The van der Waals surface area contributed by atoms with Crippen LogP contribution in [0.4, 0.5) is 0 Å². The van der Waals surface area contributed by atoms with Gasteiger partial charge in [0.15, 0.2) is 0 Å². The topological polar surface area (TPSA) is 72.5 Å². The minimum absolute atomic E-state index is 0.118. The summed E-state index contributed by atoms with van der Waals surface area (Å²) in [6, 6.07) is 5.24. The molecule has 0 heterocycles. The van der Waals surface area contributed by atoms with Gasteiger partial charge in [0.2, 0.25) is 10.0 Å². The molecule has 21 heavy (non-hydrogen) atoms. The Balaban J connectivity index is 1.99. The minimum Gasteiger partial charge on any atom is -0.466 e. The molecular formula is C15H19NO4S. The van der Waals surface area contributed by atoms with Crippen molar-refractivity contribution in [3.05, 3.63) is 41.5 Å². The monoisotopic (exact) mass is 309 g/mol. The molecule has 0 bridgehead atoms. The van der Waals surface area contributed by atoms with Gasteiger partial charge in [0.1, 0.15) is 0 Å². The van der Waals surface area contributed by atoms with E-state index in [0.717, 1.165) is 24.8 Å². The minimum atomic E-state index is -3.55. The number of methoxy groups -OCH3 is 1. The average Bonchev–Trinajstić information content (AvgIpc) is 2.93. The number of hydrogen-bond acceptors (Lipinski definition) is 4. The lowest BCUT2D eigenvalue weighted by molar-refractivity contribution is -0.136. The van der Waals surface area contributed by atoms with E-state index in [-0.39, 0.29) is 23.4 Å². The zero-order valence-corrected chi connectivity index (χ0v) is 12.8. The standard InChI is InChI=1S/C15H19NO4S/c1-11(15(17)20-2)8-9-16-21(18,19)14-7-6-12-4-3-5-13(12)10-14/h6-7,10,16H,1,3-5,8-9H2,2H3. The van der Waals surface area contributed by atoms with Crippen LogP contribution >= 0.6 is 0 Å². The fraction of sp³-hybridized carbons (Fsp3) is 0.400. The van der Waals surface area contributed by atoms with Crippen LogP contribution in [-0.4, -0.2) is 28.0 Å². The van der Waals surface area contributed by atoms with E-state index < -0.39 is 16.0 Å². The Bertz CT molecular complexity index is 664. The number of nitrogens with one attached hydrogen (secondary N) is 1. The van der Waals surface area contributed by atoms with E-state index in [4.69, 9.17) is 0 Å². The van der Waals surface area contributed by atoms with Crippen molar-refractivity contribution in [3.8, 4) is 0 Å². The fourth-order valence-electron chi connectivity index (χ4n) is 2.38. The fourth-order valence-corrected chi connectivity index (χ4v) is 3.46. The molecule has 2 rings (SSSR count). The zero-order valence-electron chi connectivity index (χ0n) is 12.0. The zero-order chi connectivity index (χ0) is 15.5. The Hall–Kier alpha value is -1.66. The Morgan fingerprint density at radius 3 is 2.76 bits per heavy atom. The van der Waals surface area contributed by atoms with Gasteiger partial charge in [-0.05, 0) is 48.9 Å². The lowest BCUT2D eigenvalue weighted by Gasteiger charge is -2.09. The summed E-state index contributed by atoms with van der Waals surface area (Å²) in [5.41, 5.74) is 2.58. The van der Waals surface area contributed by atoms with E-state index >= 15 is 0 Å². The van der Waals surface area contributed by atoms with Gasteiger partial charge < -0.3 is 4.74 Å². The summed E-state index contributed by atoms with van der Waals surface area (Å²) >= 11 is 0. The number of hydrogen-bond donors (Lipinski definition) is 1. The second-order valence-electron chi connectivity index (χ2n) is 5.03. The van der Waals surface area contributed by atoms with Crippen molar-refractivity contribution in [2.75, 3.05) is 13.7 Å². The van der Waals surface area contributed by atoms with Gasteiger partial charge in [-0.2, -0.15) is 0 Å². The summed E-state index contributed by atoms with van der Waals surface area (Å²) in [6.45, 7) is 3.67. The van der Waals surface area contributed by atoms with E-state index in [1.807, 2.05) is 6.07 Å². The molecule has 6 heteroatoms. The van der Waals surface area contributed by atoms with Crippen LogP contribution in [0.2, 0.25) is 0 Å². The first-order valence-corrected chi connectivity index (χ1v) is 8.30. The van der Waals surface area contributed by atoms with Crippen LogP contribution in [0.1, 0.15) is 24.0 Å². The Morgan fingerprint density at radius 2 is 2.05 bits per heavy atom. The summed E-state index contributed by atoms with van der Waals surface area (Å²) in [5, 5.41) is 0. The highest BCUT2D eigenvalue weighted by Gasteiger charge is 2.18. The molecule has 1 aromatic rings. The number of rotatable bonds is 6. The molecule has 1 N–H and O–H groups in total. The number of carbonyl (C=O) groups excluding carboxylic acids is 1. The van der Waals surface area contributed by atoms with Gasteiger partial charge in [0.25, 0.3) is 0 Å². The quantitative estimate of drug-likeness (QED) is 0.639. The summed E-state index contributed by atoms with van der Waals surface area (Å²) < 4.78 is 31.4. The summed E-state index contributed by atoms with van der Waals surface area (Å²) in [4.78, 5) is 11.4. The largest absolute Gasteiger partial charge is 0.466 e. The average molecular weight is 309 g/mol. The Kier molecular flexibility index (Phi) is 4.80. The molecule has 0 aromatic heterocycles. The number of ether oxygens (including phenoxy) is 1. The van der Waals surface area contributed by atoms with Gasteiger partial charge in [-0.3, -0.25) is 0 Å². The predicted molar refractivity (Wildman–Crippen MR) is 79.4 cm³/mol. The van der Waals surface area contributed by atoms with E-state index in [2.05, 4.69) is 16.0 Å². The molecule has 0 saturated carbocycles. The van der Waals surface area contributed by atoms with Crippen LogP contribution in [0.25, 0.3) is 0 Å². The van der Waals surface area contributed by atoms with E-state index in [1.165, 1.54) is 12.7 Å². The van der Waals surface area contributed by atoms with Gasteiger partial charge >= 0.3 is 5.97 Å². The highest BCUT2D eigenvalue weighted by molar-refractivity contribution is 7.89. The maximum absolute atomic E-state index is 12.2. The van der Waals surface area contributed by atoms with Crippen molar-refractivity contribution in [2.45, 2.75) is 30.6 Å². The van der Waals surface area contributed by atoms with E-state index in [9.17, 15) is 13.2 Å². The summed E-state index contributed by atoms with van der Waals surface area (Å²) in [6.07, 6.45) is 3.24. The third kappa shape index (κ3) is 3.71. The predicted octanol–water partition coefficient (Wildman–Crippen LogP) is 1.57. The first-order valence-electron chi connectivity index (χ1n) is 6.81. The third-order valence-corrected chi connectivity index (χ3v) is 5.03. The molecule has 1 aliphatic rings. The summed E-state index contributed by atoms with van der Waals surface area (Å²) in [5.74, 6) is -0.522. The molecule has 0 aliphatic heterocycles.